The molecule has 1 heterocycles. The molecule has 0 saturated carbocycles. The van der Waals surface area contributed by atoms with Gasteiger partial charge >= 0.3 is 5.97 Å². The van der Waals surface area contributed by atoms with Crippen molar-refractivity contribution in [1.29, 1.82) is 0 Å². The molecule has 18 nitrogen and oxygen atoms in total. The van der Waals surface area contributed by atoms with E-state index in [-0.39, 0.29) is 25.0 Å². The standard InChI is InChI=1S/C45H71N7O11/c1-8-10-11-12-13-14-15-16-17-27(4)35-25-37(56)51-39(30(7)53)44(61)48-28(5)40(57)47-29(6)41(58)49-33(22-23-36(46)55)42(59)50-34(24-31-18-20-32(54)21-19-31)43(60)52-38(26(3)9-2)45(62)63-35/h14-15,18-21,26-30,33-35,38-39,53-54H,8-13,16-17,22-25H2,1-7H3,(H2,46,55)(H,47,57)(H,48,61)(H,49,58)(H,50,59)(H,51,56)(H,52,60). The molecule has 2 rings (SSSR count). The zero-order valence-corrected chi connectivity index (χ0v) is 37.9. The van der Waals surface area contributed by atoms with Crippen LogP contribution >= 0.6 is 0 Å². The molecule has 18 heteroatoms. The van der Waals surface area contributed by atoms with Crippen molar-refractivity contribution in [2.75, 3.05) is 0 Å². The molecule has 352 valence electrons. The summed E-state index contributed by atoms with van der Waals surface area (Å²) in [7, 11) is 0. The van der Waals surface area contributed by atoms with Crippen molar-refractivity contribution in [2.45, 2.75) is 174 Å². The van der Waals surface area contributed by atoms with E-state index in [0.717, 1.165) is 32.1 Å². The number of carbonyl (C=O) groups excluding carboxylic acids is 8. The number of benzene rings is 1. The lowest BCUT2D eigenvalue weighted by molar-refractivity contribution is -0.159. The van der Waals surface area contributed by atoms with Crippen molar-refractivity contribution in [3.63, 3.8) is 0 Å². The number of phenols is 1. The summed E-state index contributed by atoms with van der Waals surface area (Å²) in [6.45, 7) is 11.4. The van der Waals surface area contributed by atoms with E-state index in [1.54, 1.807) is 13.8 Å². The Labute approximate surface area is 371 Å². The number of hydrogen-bond acceptors (Lipinski definition) is 11. The van der Waals surface area contributed by atoms with Gasteiger partial charge < -0.3 is 52.6 Å². The van der Waals surface area contributed by atoms with Gasteiger partial charge in [-0.3, -0.25) is 33.6 Å². The minimum absolute atomic E-state index is 0.0427. The van der Waals surface area contributed by atoms with Crippen molar-refractivity contribution < 1.29 is 53.3 Å². The van der Waals surface area contributed by atoms with Crippen LogP contribution in [0.25, 0.3) is 0 Å². The Balaban J connectivity index is 2.64. The number of aliphatic hydroxyl groups excluding tert-OH is 1. The lowest BCUT2D eigenvalue weighted by Gasteiger charge is -2.31. The number of aromatic hydroxyl groups is 1. The minimum atomic E-state index is -1.53. The molecule has 1 saturated heterocycles. The molecule has 0 aliphatic carbocycles. The second-order valence-corrected chi connectivity index (χ2v) is 16.7. The van der Waals surface area contributed by atoms with Gasteiger partial charge in [-0.05, 0) is 82.4 Å². The first-order valence-electron chi connectivity index (χ1n) is 22.2. The zero-order valence-electron chi connectivity index (χ0n) is 37.9. The summed E-state index contributed by atoms with van der Waals surface area (Å²) in [5.41, 5.74) is 5.90. The fourth-order valence-corrected chi connectivity index (χ4v) is 6.77. The Morgan fingerprint density at radius 1 is 0.746 bits per heavy atom. The number of aliphatic hydroxyl groups is 1. The molecule has 0 radical (unpaired) electrons. The van der Waals surface area contributed by atoms with Gasteiger partial charge in [0.05, 0.1) is 12.5 Å². The number of nitrogens with two attached hydrogens (primary N) is 1. The molecule has 10 atom stereocenters. The van der Waals surface area contributed by atoms with Gasteiger partial charge in [-0.2, -0.15) is 0 Å². The highest BCUT2D eigenvalue weighted by Gasteiger charge is 2.37. The first kappa shape index (κ1) is 53.6. The largest absolute Gasteiger partial charge is 0.508 e. The van der Waals surface area contributed by atoms with Crippen LogP contribution in [0.3, 0.4) is 0 Å². The van der Waals surface area contributed by atoms with Gasteiger partial charge in [0.2, 0.25) is 41.4 Å². The van der Waals surface area contributed by atoms with Crippen molar-refractivity contribution in [3.8, 4) is 5.75 Å². The molecule has 10 N–H and O–H groups in total. The summed E-state index contributed by atoms with van der Waals surface area (Å²) < 4.78 is 6.08. The van der Waals surface area contributed by atoms with Crippen LogP contribution in [-0.2, 0) is 49.5 Å². The Morgan fingerprint density at radius 2 is 1.33 bits per heavy atom. The molecule has 1 aromatic carbocycles. The summed E-state index contributed by atoms with van der Waals surface area (Å²) in [5.74, 6) is -7.58. The molecule has 7 amide bonds. The molecule has 10 unspecified atom stereocenters. The molecule has 1 aliphatic heterocycles. The summed E-state index contributed by atoms with van der Waals surface area (Å²) in [6, 6.07) is -2.30. The average molecular weight is 886 g/mol. The van der Waals surface area contributed by atoms with E-state index in [9.17, 15) is 48.6 Å². The monoisotopic (exact) mass is 886 g/mol. The highest BCUT2D eigenvalue weighted by molar-refractivity contribution is 5.97. The fraction of sp³-hybridized carbons (Fsp3) is 0.644. The summed E-state index contributed by atoms with van der Waals surface area (Å²) in [6.07, 6.45) is 7.43. The Kier molecular flexibility index (Phi) is 23.4. The number of ether oxygens (including phenoxy) is 1. The third-order valence-electron chi connectivity index (χ3n) is 11.1. The molecule has 1 fully saturated rings. The average Bonchev–Trinajstić information content (AvgIpc) is 3.23. The highest BCUT2D eigenvalue weighted by atomic mass is 16.5. The van der Waals surface area contributed by atoms with E-state index in [1.165, 1.54) is 45.0 Å². The number of nitrogens with one attached hydrogen (secondary N) is 6. The number of amides is 7. The van der Waals surface area contributed by atoms with Crippen LogP contribution in [0.5, 0.6) is 5.75 Å². The van der Waals surface area contributed by atoms with Crippen LogP contribution in [0.2, 0.25) is 0 Å². The lowest BCUT2D eigenvalue weighted by atomic mass is 9.94. The second kappa shape index (κ2) is 27.5. The Morgan fingerprint density at radius 3 is 1.94 bits per heavy atom. The predicted molar refractivity (Wildman–Crippen MR) is 235 cm³/mol. The van der Waals surface area contributed by atoms with Crippen molar-refractivity contribution in [1.82, 2.24) is 31.9 Å². The van der Waals surface area contributed by atoms with Crippen LogP contribution in [-0.4, -0.2) is 106 Å². The van der Waals surface area contributed by atoms with Gasteiger partial charge in [-0.15, -0.1) is 0 Å². The number of cyclic esters (lactones) is 1. The van der Waals surface area contributed by atoms with Gasteiger partial charge in [0.1, 0.15) is 48.1 Å². The summed E-state index contributed by atoms with van der Waals surface area (Å²) in [4.78, 5) is 108. The minimum Gasteiger partial charge on any atom is -0.508 e. The maximum Gasteiger partial charge on any atom is 0.329 e. The first-order valence-corrected chi connectivity index (χ1v) is 22.2. The van der Waals surface area contributed by atoms with Crippen LogP contribution in [0.15, 0.2) is 36.4 Å². The molecular weight excluding hydrogens is 815 g/mol. The SMILES string of the molecule is CCCCCCC=CCCC(C)C1CC(=O)NC(C(C)O)C(=O)NC(C)C(=O)NC(C)C(=O)NC(CCC(N)=O)C(=O)NC(Cc2ccc(O)cc2)C(=O)NC(C(C)CC)C(=O)O1. The fourth-order valence-electron chi connectivity index (χ4n) is 6.77. The van der Waals surface area contributed by atoms with Gasteiger partial charge in [-0.1, -0.05) is 77.7 Å². The summed E-state index contributed by atoms with van der Waals surface area (Å²) in [5, 5.41) is 35.7. The molecular formula is C45H71N7O11. The Hall–Kier alpha value is -5.52. The number of esters is 1. The number of rotatable bonds is 17. The number of allylic oxidation sites excluding steroid dienone is 2. The number of carbonyl (C=O) groups is 8. The van der Waals surface area contributed by atoms with Gasteiger partial charge in [0.15, 0.2) is 0 Å². The quantitative estimate of drug-likeness (QED) is 0.0618. The summed E-state index contributed by atoms with van der Waals surface area (Å²) >= 11 is 0. The van der Waals surface area contributed by atoms with E-state index >= 15 is 0 Å². The van der Waals surface area contributed by atoms with Crippen molar-refractivity contribution in [3.05, 3.63) is 42.0 Å². The highest BCUT2D eigenvalue weighted by Crippen LogP contribution is 2.22. The normalized spacial score (nSPS) is 25.4. The maximum absolute atomic E-state index is 14.3. The predicted octanol–water partition coefficient (Wildman–Crippen LogP) is 1.83. The van der Waals surface area contributed by atoms with Gasteiger partial charge in [-0.25, -0.2) is 4.79 Å². The van der Waals surface area contributed by atoms with Gasteiger partial charge in [0.25, 0.3) is 0 Å². The maximum atomic E-state index is 14.3. The van der Waals surface area contributed by atoms with E-state index in [2.05, 4.69) is 44.9 Å². The molecule has 0 spiro atoms. The molecule has 1 aliphatic rings. The number of primary amides is 1. The van der Waals surface area contributed by atoms with E-state index in [1.807, 2.05) is 13.0 Å². The number of hydrogen-bond donors (Lipinski definition) is 9. The lowest BCUT2D eigenvalue weighted by Crippen LogP contribution is -2.60. The van der Waals surface area contributed by atoms with E-state index in [4.69, 9.17) is 10.5 Å². The third-order valence-corrected chi connectivity index (χ3v) is 11.1. The zero-order chi connectivity index (χ0) is 47.2. The van der Waals surface area contributed by atoms with Crippen LogP contribution in [0, 0.1) is 11.8 Å². The molecule has 63 heavy (non-hydrogen) atoms. The smallest absolute Gasteiger partial charge is 0.329 e. The van der Waals surface area contributed by atoms with E-state index < -0.39 is 114 Å². The molecule has 0 bridgehead atoms. The van der Waals surface area contributed by atoms with E-state index in [0.29, 0.717) is 24.8 Å². The molecule has 0 aromatic heterocycles. The van der Waals surface area contributed by atoms with Crippen LogP contribution in [0.4, 0.5) is 0 Å². The van der Waals surface area contributed by atoms with Crippen LogP contribution < -0.4 is 37.6 Å². The van der Waals surface area contributed by atoms with Crippen molar-refractivity contribution >= 4 is 47.3 Å². The Bertz CT molecular complexity index is 1720. The van der Waals surface area contributed by atoms with Gasteiger partial charge in [0, 0.05) is 12.8 Å². The second-order valence-electron chi connectivity index (χ2n) is 16.7. The molecule has 1 aromatic rings. The third kappa shape index (κ3) is 19.2. The number of phenolic OH excluding ortho intramolecular Hbond substituents is 1. The van der Waals surface area contributed by atoms with Crippen molar-refractivity contribution in [2.24, 2.45) is 17.6 Å². The topological polar surface area (TPSA) is 284 Å². The number of unbranched alkanes of at least 4 members (excludes halogenated alkanes) is 4. The van der Waals surface area contributed by atoms with Crippen LogP contribution in [0.1, 0.15) is 125 Å². The first-order chi connectivity index (χ1) is 29.8.